The Kier molecular flexibility index (Phi) is 7.07. The molecule has 2 N–H and O–H groups in total. The van der Waals surface area contributed by atoms with E-state index in [2.05, 4.69) is 29.6 Å². The highest BCUT2D eigenvalue weighted by atomic mass is 16.5. The summed E-state index contributed by atoms with van der Waals surface area (Å²) in [5.41, 5.74) is 3.41. The minimum atomic E-state index is -0.163. The first-order valence-electron chi connectivity index (χ1n) is 10.4. The maximum atomic E-state index is 12.7. The smallest absolute Gasteiger partial charge is 0.227 e. The summed E-state index contributed by atoms with van der Waals surface area (Å²) in [5, 5.41) is 10.9. The molecule has 0 aliphatic carbocycles. The van der Waals surface area contributed by atoms with Crippen LogP contribution in [0.3, 0.4) is 0 Å². The third-order valence-corrected chi connectivity index (χ3v) is 5.90. The molecule has 2 amide bonds. The zero-order valence-electron chi connectivity index (χ0n) is 17.3. The molecule has 3 heterocycles. The van der Waals surface area contributed by atoms with E-state index in [0.29, 0.717) is 52.4 Å². The van der Waals surface area contributed by atoms with Crippen molar-refractivity contribution < 1.29 is 14.3 Å². The average Bonchev–Trinajstić information content (AvgIpc) is 3.01. The summed E-state index contributed by atoms with van der Waals surface area (Å²) in [4.78, 5) is 27.2. The van der Waals surface area contributed by atoms with Crippen molar-refractivity contribution in [2.75, 3.05) is 45.9 Å². The van der Waals surface area contributed by atoms with Crippen LogP contribution in [0.25, 0.3) is 0 Å². The quantitative estimate of drug-likeness (QED) is 0.726. The number of amides is 2. The van der Waals surface area contributed by atoms with E-state index in [4.69, 9.17) is 4.74 Å². The zero-order valence-corrected chi connectivity index (χ0v) is 17.3. The Morgan fingerprint density at radius 3 is 2.61 bits per heavy atom. The lowest BCUT2D eigenvalue weighted by atomic mass is 9.88. The first-order valence-corrected chi connectivity index (χ1v) is 10.4. The number of morpholine rings is 1. The zero-order chi connectivity index (χ0) is 20.1. The van der Waals surface area contributed by atoms with Gasteiger partial charge in [-0.1, -0.05) is 0 Å². The van der Waals surface area contributed by atoms with Crippen LogP contribution >= 0.6 is 0 Å². The number of hydrogen-bond acceptors (Lipinski definition) is 5. The predicted octanol–water partition coefficient (Wildman–Crippen LogP) is 0.263. The van der Waals surface area contributed by atoms with Crippen LogP contribution in [0.2, 0.25) is 0 Å². The lowest BCUT2D eigenvalue weighted by Crippen LogP contribution is -2.51. The SMILES string of the molecule is CCn1nc(C)c(CCNC(=O)[C@H]2CNC[C@@H](C(=O)N3CCOCC3)C2)c1C. The fourth-order valence-electron chi connectivity index (χ4n) is 4.23. The van der Waals surface area contributed by atoms with E-state index in [0.717, 1.165) is 18.7 Å². The van der Waals surface area contributed by atoms with Crippen LogP contribution in [-0.2, 0) is 27.3 Å². The van der Waals surface area contributed by atoms with E-state index in [9.17, 15) is 9.59 Å². The average molecular weight is 392 g/mol. The van der Waals surface area contributed by atoms with E-state index in [1.165, 1.54) is 11.3 Å². The van der Waals surface area contributed by atoms with E-state index >= 15 is 0 Å². The van der Waals surface area contributed by atoms with Gasteiger partial charge in [-0.25, -0.2) is 0 Å². The van der Waals surface area contributed by atoms with Gasteiger partial charge in [0, 0.05) is 45.0 Å². The molecule has 2 saturated heterocycles. The normalized spacial score (nSPS) is 22.9. The van der Waals surface area contributed by atoms with Crippen LogP contribution in [0.5, 0.6) is 0 Å². The Bertz CT molecular complexity index is 696. The van der Waals surface area contributed by atoms with Crippen LogP contribution in [-0.4, -0.2) is 72.4 Å². The lowest BCUT2D eigenvalue weighted by molar-refractivity contribution is -0.141. The third-order valence-electron chi connectivity index (χ3n) is 5.90. The van der Waals surface area contributed by atoms with Gasteiger partial charge in [-0.15, -0.1) is 0 Å². The van der Waals surface area contributed by atoms with E-state index in [1.54, 1.807) is 0 Å². The molecular formula is C20H33N5O3. The number of nitrogens with one attached hydrogen (secondary N) is 2. The molecule has 156 valence electrons. The fourth-order valence-corrected chi connectivity index (χ4v) is 4.23. The molecule has 0 saturated carbocycles. The molecule has 2 atom stereocenters. The summed E-state index contributed by atoms with van der Waals surface area (Å²) in [7, 11) is 0. The lowest BCUT2D eigenvalue weighted by Gasteiger charge is -2.34. The topological polar surface area (TPSA) is 88.5 Å². The van der Waals surface area contributed by atoms with Gasteiger partial charge < -0.3 is 20.3 Å². The van der Waals surface area contributed by atoms with Crippen molar-refractivity contribution in [1.82, 2.24) is 25.3 Å². The number of carbonyl (C=O) groups excluding carboxylic acids is 2. The molecule has 1 aromatic heterocycles. The fraction of sp³-hybridized carbons (Fsp3) is 0.750. The number of ether oxygens (including phenoxy) is 1. The number of aromatic nitrogens is 2. The number of carbonyl (C=O) groups is 2. The van der Waals surface area contributed by atoms with Crippen molar-refractivity contribution in [3.05, 3.63) is 17.0 Å². The highest BCUT2D eigenvalue weighted by Crippen LogP contribution is 2.20. The molecule has 2 aliphatic rings. The molecule has 0 radical (unpaired) electrons. The Hall–Kier alpha value is -1.93. The Morgan fingerprint density at radius 1 is 1.21 bits per heavy atom. The minimum Gasteiger partial charge on any atom is -0.378 e. The Balaban J connectivity index is 1.49. The number of hydrogen-bond donors (Lipinski definition) is 2. The van der Waals surface area contributed by atoms with Crippen LogP contribution in [0.1, 0.15) is 30.3 Å². The second-order valence-electron chi connectivity index (χ2n) is 7.73. The summed E-state index contributed by atoms with van der Waals surface area (Å²) >= 11 is 0. The van der Waals surface area contributed by atoms with Gasteiger partial charge in [-0.05, 0) is 39.2 Å². The second kappa shape index (κ2) is 9.52. The highest BCUT2D eigenvalue weighted by Gasteiger charge is 2.33. The largest absolute Gasteiger partial charge is 0.378 e. The van der Waals surface area contributed by atoms with Gasteiger partial charge in [-0.2, -0.15) is 5.10 Å². The molecule has 2 aliphatic heterocycles. The molecule has 8 heteroatoms. The molecule has 3 rings (SSSR count). The van der Waals surface area contributed by atoms with Crippen molar-refractivity contribution in [1.29, 1.82) is 0 Å². The third kappa shape index (κ3) is 4.72. The second-order valence-corrected chi connectivity index (χ2v) is 7.73. The summed E-state index contributed by atoms with van der Waals surface area (Å²) in [6.45, 7) is 11.4. The number of piperidine rings is 1. The molecule has 0 aromatic carbocycles. The van der Waals surface area contributed by atoms with Crippen LogP contribution in [0, 0.1) is 25.7 Å². The van der Waals surface area contributed by atoms with Gasteiger partial charge in [0.1, 0.15) is 0 Å². The number of nitrogens with zero attached hydrogens (tertiary/aromatic N) is 3. The van der Waals surface area contributed by atoms with Gasteiger partial charge in [0.05, 0.1) is 30.7 Å². The van der Waals surface area contributed by atoms with Gasteiger partial charge in [0.15, 0.2) is 0 Å². The molecule has 0 unspecified atom stereocenters. The number of rotatable bonds is 6. The molecular weight excluding hydrogens is 358 g/mol. The summed E-state index contributed by atoms with van der Waals surface area (Å²) < 4.78 is 7.32. The molecule has 0 spiro atoms. The highest BCUT2D eigenvalue weighted by molar-refractivity contribution is 5.83. The summed E-state index contributed by atoms with van der Waals surface area (Å²) in [5.74, 6) is -0.115. The first-order chi connectivity index (χ1) is 13.5. The van der Waals surface area contributed by atoms with Crippen molar-refractivity contribution in [2.45, 2.75) is 40.2 Å². The van der Waals surface area contributed by atoms with Crippen molar-refractivity contribution in [3.63, 3.8) is 0 Å². The van der Waals surface area contributed by atoms with Gasteiger partial charge in [-0.3, -0.25) is 14.3 Å². The van der Waals surface area contributed by atoms with Crippen LogP contribution < -0.4 is 10.6 Å². The minimum absolute atomic E-state index is 0.0326. The molecule has 1 aromatic rings. The van der Waals surface area contributed by atoms with Crippen molar-refractivity contribution in [2.24, 2.45) is 11.8 Å². The maximum Gasteiger partial charge on any atom is 0.227 e. The van der Waals surface area contributed by atoms with Crippen LogP contribution in [0.4, 0.5) is 0 Å². The predicted molar refractivity (Wildman–Crippen MR) is 106 cm³/mol. The Morgan fingerprint density at radius 2 is 1.93 bits per heavy atom. The monoisotopic (exact) mass is 391 g/mol. The van der Waals surface area contributed by atoms with E-state index < -0.39 is 0 Å². The summed E-state index contributed by atoms with van der Waals surface area (Å²) in [6, 6.07) is 0. The van der Waals surface area contributed by atoms with Gasteiger partial charge >= 0.3 is 0 Å². The molecule has 8 nitrogen and oxygen atoms in total. The summed E-state index contributed by atoms with van der Waals surface area (Å²) in [6.07, 6.45) is 1.39. The van der Waals surface area contributed by atoms with Crippen LogP contribution in [0.15, 0.2) is 0 Å². The van der Waals surface area contributed by atoms with Gasteiger partial charge in [0.2, 0.25) is 11.8 Å². The van der Waals surface area contributed by atoms with E-state index in [1.807, 2.05) is 16.5 Å². The maximum absolute atomic E-state index is 12.7. The Labute approximate surface area is 167 Å². The standard InChI is InChI=1S/C20H33N5O3/c1-4-25-15(3)18(14(2)23-25)5-6-22-19(26)16-11-17(13-21-12-16)20(27)24-7-9-28-10-8-24/h16-17,21H,4-13H2,1-3H3,(H,22,26)/t16-,17+/m1/s1. The van der Waals surface area contributed by atoms with Gasteiger partial charge in [0.25, 0.3) is 0 Å². The molecule has 28 heavy (non-hydrogen) atoms. The number of aryl methyl sites for hydroxylation is 2. The van der Waals surface area contributed by atoms with E-state index in [-0.39, 0.29) is 23.7 Å². The van der Waals surface area contributed by atoms with Crippen molar-refractivity contribution >= 4 is 11.8 Å². The first kappa shape index (κ1) is 20.8. The molecule has 0 bridgehead atoms. The molecule has 2 fully saturated rings. The van der Waals surface area contributed by atoms with Crippen molar-refractivity contribution in [3.8, 4) is 0 Å².